The molecule has 0 unspecified atom stereocenters. The summed E-state index contributed by atoms with van der Waals surface area (Å²) in [5, 5.41) is 10.4. The molecule has 1 aliphatic heterocycles. The van der Waals surface area contributed by atoms with Gasteiger partial charge >= 0.3 is 0 Å². The number of unbranched alkanes of at least 4 members (excludes halogenated alkanes) is 1. The van der Waals surface area contributed by atoms with E-state index in [1.807, 2.05) is 19.1 Å². The molecule has 0 aliphatic carbocycles. The van der Waals surface area contributed by atoms with Gasteiger partial charge in [0.25, 0.3) is 5.91 Å². The number of benzene rings is 1. The molecule has 0 radical (unpaired) electrons. The van der Waals surface area contributed by atoms with Gasteiger partial charge in [-0.25, -0.2) is 0 Å². The number of methoxy groups -OCH3 is 1. The van der Waals surface area contributed by atoms with Crippen LogP contribution in [0.4, 0.5) is 0 Å². The molecule has 140 valence electrons. The molecule has 1 aromatic carbocycles. The maximum atomic E-state index is 12.5. The largest absolute Gasteiger partial charge is 0.550 e. The van der Waals surface area contributed by atoms with Gasteiger partial charge in [0.15, 0.2) is 11.5 Å². The van der Waals surface area contributed by atoms with Crippen LogP contribution in [0.1, 0.15) is 31.7 Å². The summed E-state index contributed by atoms with van der Waals surface area (Å²) >= 11 is 6.51. The van der Waals surface area contributed by atoms with E-state index in [1.54, 1.807) is 19.3 Å². The number of amides is 1. The van der Waals surface area contributed by atoms with Gasteiger partial charge in [0, 0.05) is 12.5 Å². The molecule has 8 heteroatoms. The maximum Gasteiger partial charge on any atom is 0.266 e. The van der Waals surface area contributed by atoms with E-state index in [-0.39, 0.29) is 12.3 Å². The van der Waals surface area contributed by atoms with Gasteiger partial charge in [0.2, 0.25) is 0 Å². The number of aliphatic carboxylic acids is 1. The molecule has 1 aromatic rings. The number of carbonyl (C=O) groups is 2. The maximum absolute atomic E-state index is 12.5. The molecule has 0 N–H and O–H groups in total. The molecule has 2 rings (SSSR count). The first kappa shape index (κ1) is 20.3. The van der Waals surface area contributed by atoms with Crippen LogP contribution in [0.15, 0.2) is 23.1 Å². The third kappa shape index (κ3) is 5.22. The van der Waals surface area contributed by atoms with Crippen molar-refractivity contribution in [3.63, 3.8) is 0 Å². The quantitative estimate of drug-likeness (QED) is 0.361. The van der Waals surface area contributed by atoms with Crippen LogP contribution < -0.4 is 14.6 Å². The molecule has 1 saturated heterocycles. The molecular formula is C18H20NO5S2-. The second kappa shape index (κ2) is 9.59. The van der Waals surface area contributed by atoms with Gasteiger partial charge in [-0.3, -0.25) is 9.69 Å². The SMILES string of the molecule is CCOc1cc(/C=C2\SC(=S)N(CCCCC(=O)[O-])C2=O)ccc1OC. The van der Waals surface area contributed by atoms with Crippen molar-refractivity contribution in [2.45, 2.75) is 26.2 Å². The number of thiocarbonyl (C=S) groups is 1. The number of carbonyl (C=O) groups excluding carboxylic acids is 2. The van der Waals surface area contributed by atoms with Crippen molar-refractivity contribution in [2.75, 3.05) is 20.3 Å². The highest BCUT2D eigenvalue weighted by Crippen LogP contribution is 2.34. The van der Waals surface area contributed by atoms with Gasteiger partial charge in [-0.2, -0.15) is 0 Å². The molecule has 0 aromatic heterocycles. The molecule has 1 heterocycles. The minimum atomic E-state index is -1.08. The zero-order valence-electron chi connectivity index (χ0n) is 14.6. The summed E-state index contributed by atoms with van der Waals surface area (Å²) in [6.07, 6.45) is 2.76. The van der Waals surface area contributed by atoms with Crippen LogP contribution in [-0.4, -0.2) is 41.4 Å². The van der Waals surface area contributed by atoms with Gasteiger partial charge < -0.3 is 19.4 Å². The number of carboxylic acids is 1. The number of hydrogen-bond acceptors (Lipinski definition) is 7. The number of nitrogens with zero attached hydrogens (tertiary/aromatic N) is 1. The van der Waals surface area contributed by atoms with Crippen molar-refractivity contribution in [1.82, 2.24) is 4.90 Å². The van der Waals surface area contributed by atoms with E-state index in [0.29, 0.717) is 46.7 Å². The van der Waals surface area contributed by atoms with Gasteiger partial charge in [-0.05, 0) is 50.0 Å². The first-order valence-electron chi connectivity index (χ1n) is 8.22. The van der Waals surface area contributed by atoms with Crippen LogP contribution in [0.2, 0.25) is 0 Å². The van der Waals surface area contributed by atoms with E-state index < -0.39 is 5.97 Å². The molecule has 1 amide bonds. The van der Waals surface area contributed by atoms with Crippen molar-refractivity contribution >= 4 is 46.3 Å². The highest BCUT2D eigenvalue weighted by atomic mass is 32.2. The summed E-state index contributed by atoms with van der Waals surface area (Å²) in [6, 6.07) is 5.44. The third-order valence-electron chi connectivity index (χ3n) is 3.67. The Morgan fingerprint density at radius 1 is 1.35 bits per heavy atom. The Hall–Kier alpha value is -2.06. The number of rotatable bonds is 9. The summed E-state index contributed by atoms with van der Waals surface area (Å²) < 4.78 is 11.3. The van der Waals surface area contributed by atoms with E-state index >= 15 is 0 Å². The predicted molar refractivity (Wildman–Crippen MR) is 103 cm³/mol. The van der Waals surface area contributed by atoms with Crippen molar-refractivity contribution in [3.8, 4) is 11.5 Å². The van der Waals surface area contributed by atoms with Crippen LogP contribution in [0.3, 0.4) is 0 Å². The normalized spacial score (nSPS) is 15.6. The third-order valence-corrected chi connectivity index (χ3v) is 5.05. The molecule has 0 bridgehead atoms. The lowest BCUT2D eigenvalue weighted by Crippen LogP contribution is -2.29. The van der Waals surface area contributed by atoms with Gasteiger partial charge in [0.05, 0.1) is 18.6 Å². The fraction of sp³-hybridized carbons (Fsp3) is 0.389. The lowest BCUT2D eigenvalue weighted by Gasteiger charge is -2.14. The van der Waals surface area contributed by atoms with Crippen LogP contribution in [0, 0.1) is 0 Å². The number of ether oxygens (including phenoxy) is 2. The summed E-state index contributed by atoms with van der Waals surface area (Å²) in [5.41, 5.74) is 0.812. The van der Waals surface area contributed by atoms with Crippen molar-refractivity contribution in [1.29, 1.82) is 0 Å². The van der Waals surface area contributed by atoms with Crippen LogP contribution >= 0.6 is 24.0 Å². The Labute approximate surface area is 162 Å². The second-order valence-corrected chi connectivity index (χ2v) is 7.18. The number of thioether (sulfide) groups is 1. The molecule has 6 nitrogen and oxygen atoms in total. The summed E-state index contributed by atoms with van der Waals surface area (Å²) in [5.74, 6) is -0.00639. The van der Waals surface area contributed by atoms with Crippen LogP contribution in [-0.2, 0) is 9.59 Å². The number of carboxylic acid groups (broad SMARTS) is 1. The van der Waals surface area contributed by atoms with E-state index in [4.69, 9.17) is 21.7 Å². The van der Waals surface area contributed by atoms with Gasteiger partial charge in [-0.15, -0.1) is 0 Å². The zero-order valence-corrected chi connectivity index (χ0v) is 16.3. The monoisotopic (exact) mass is 394 g/mol. The minimum absolute atomic E-state index is 0.0172. The number of hydrogen-bond donors (Lipinski definition) is 0. The molecular weight excluding hydrogens is 374 g/mol. The average molecular weight is 394 g/mol. The molecule has 0 atom stereocenters. The molecule has 1 aliphatic rings. The highest BCUT2D eigenvalue weighted by Gasteiger charge is 2.31. The van der Waals surface area contributed by atoms with Crippen LogP contribution in [0.25, 0.3) is 6.08 Å². The predicted octanol–water partition coefficient (Wildman–Crippen LogP) is 2.22. The highest BCUT2D eigenvalue weighted by molar-refractivity contribution is 8.26. The van der Waals surface area contributed by atoms with E-state index in [9.17, 15) is 14.7 Å². The molecule has 26 heavy (non-hydrogen) atoms. The van der Waals surface area contributed by atoms with Crippen LogP contribution in [0.5, 0.6) is 11.5 Å². The van der Waals surface area contributed by atoms with Gasteiger partial charge in [0.1, 0.15) is 4.32 Å². The first-order valence-corrected chi connectivity index (χ1v) is 9.44. The molecule has 0 saturated carbocycles. The Kier molecular flexibility index (Phi) is 7.47. The average Bonchev–Trinajstić information content (AvgIpc) is 2.86. The minimum Gasteiger partial charge on any atom is -0.550 e. The molecule has 1 fully saturated rings. The Bertz CT molecular complexity index is 732. The van der Waals surface area contributed by atoms with E-state index in [1.165, 1.54) is 16.7 Å². The zero-order chi connectivity index (χ0) is 19.1. The standard InChI is InChI=1S/C18H21NO5S2/c1-3-24-14-10-12(7-8-13(14)23-2)11-15-17(22)19(18(25)26-15)9-5-4-6-16(20)21/h7-8,10-11H,3-6,9H2,1-2H3,(H,20,21)/p-1/b15-11-. The fourth-order valence-corrected chi connectivity index (χ4v) is 3.74. The fourth-order valence-electron chi connectivity index (χ4n) is 2.43. The Morgan fingerprint density at radius 2 is 2.12 bits per heavy atom. The smallest absolute Gasteiger partial charge is 0.266 e. The molecule has 0 spiro atoms. The Balaban J connectivity index is 2.09. The Morgan fingerprint density at radius 3 is 2.77 bits per heavy atom. The summed E-state index contributed by atoms with van der Waals surface area (Å²) in [6.45, 7) is 2.80. The second-order valence-electron chi connectivity index (χ2n) is 5.51. The van der Waals surface area contributed by atoms with E-state index in [2.05, 4.69) is 0 Å². The van der Waals surface area contributed by atoms with E-state index in [0.717, 1.165) is 5.56 Å². The summed E-state index contributed by atoms with van der Waals surface area (Å²) in [7, 11) is 1.57. The van der Waals surface area contributed by atoms with Gasteiger partial charge in [-0.1, -0.05) is 30.0 Å². The topological polar surface area (TPSA) is 78.9 Å². The van der Waals surface area contributed by atoms with Crippen molar-refractivity contribution in [2.24, 2.45) is 0 Å². The summed E-state index contributed by atoms with van der Waals surface area (Å²) in [4.78, 5) is 25.0. The van der Waals surface area contributed by atoms with Crippen molar-refractivity contribution < 1.29 is 24.2 Å². The van der Waals surface area contributed by atoms with Crippen molar-refractivity contribution in [3.05, 3.63) is 28.7 Å². The first-order chi connectivity index (χ1) is 12.5. The lowest BCUT2D eigenvalue weighted by atomic mass is 10.2. The lowest BCUT2D eigenvalue weighted by molar-refractivity contribution is -0.305.